The highest BCUT2D eigenvalue weighted by molar-refractivity contribution is 6.10. The fourth-order valence-electron chi connectivity index (χ4n) is 7.72. The first-order valence-electron chi connectivity index (χ1n) is 17.1. The van der Waals surface area contributed by atoms with Crippen LogP contribution in [0.25, 0.3) is 60.5 Å². The van der Waals surface area contributed by atoms with Crippen LogP contribution in [-0.2, 0) is 0 Å². The zero-order valence-corrected chi connectivity index (χ0v) is 27.2. The molecule has 236 valence electrons. The first-order valence-corrected chi connectivity index (χ1v) is 17.1. The highest BCUT2D eigenvalue weighted by Crippen LogP contribution is 2.48. The second kappa shape index (κ2) is 11.5. The average molecular weight is 641 g/mol. The Balaban J connectivity index is 1.03. The van der Waals surface area contributed by atoms with E-state index in [1.54, 1.807) is 0 Å². The van der Waals surface area contributed by atoms with Gasteiger partial charge in [-0.25, -0.2) is 4.98 Å². The van der Waals surface area contributed by atoms with Crippen molar-refractivity contribution in [3.05, 3.63) is 188 Å². The van der Waals surface area contributed by atoms with Crippen LogP contribution in [0.2, 0.25) is 0 Å². The lowest BCUT2D eigenvalue weighted by atomic mass is 9.96. The van der Waals surface area contributed by atoms with Crippen molar-refractivity contribution in [2.24, 2.45) is 0 Å². The van der Waals surface area contributed by atoms with Gasteiger partial charge in [-0.1, -0.05) is 146 Å². The number of aromatic nitrogens is 2. The topological polar surface area (TPSA) is 33.1 Å². The molecule has 1 aliphatic heterocycles. The van der Waals surface area contributed by atoms with E-state index >= 15 is 0 Å². The van der Waals surface area contributed by atoms with E-state index in [2.05, 4.69) is 191 Å². The molecule has 1 unspecified atom stereocenters. The highest BCUT2D eigenvalue weighted by atomic mass is 15.4. The molecule has 0 radical (unpaired) electrons. The number of nitrogens with zero attached hydrogens (tertiary/aromatic N) is 3. The van der Waals surface area contributed by atoms with E-state index in [-0.39, 0.29) is 6.17 Å². The van der Waals surface area contributed by atoms with Gasteiger partial charge < -0.3 is 9.88 Å². The Bertz CT molecular complexity index is 2620. The predicted octanol–water partition coefficient (Wildman–Crippen LogP) is 11.9. The van der Waals surface area contributed by atoms with Gasteiger partial charge in [0.25, 0.3) is 0 Å². The minimum atomic E-state index is -0.142. The Hall–Kier alpha value is -6.65. The molecule has 10 rings (SSSR count). The van der Waals surface area contributed by atoms with E-state index < -0.39 is 0 Å². The minimum absolute atomic E-state index is 0.142. The average Bonchev–Trinajstić information content (AvgIpc) is 3.75. The lowest BCUT2D eigenvalue weighted by Gasteiger charge is -2.26. The van der Waals surface area contributed by atoms with Crippen molar-refractivity contribution >= 4 is 49.8 Å². The standard InChI is InChI=1S/C46H32N4/c1-2-13-36(14-3-1)49-45(48-44-43(29-30-47-46(44)49)50-41-19-8-6-16-39(41)40-17-7-9-20-42(40)50)35-27-23-32(24-28-35)31-21-25-34(26-22-31)38-18-10-12-33-11-4-5-15-37(33)38/h1-30,45,48H. The normalized spacial score (nSPS) is 13.9. The maximum atomic E-state index is 4.99. The van der Waals surface area contributed by atoms with E-state index in [1.807, 2.05) is 6.20 Å². The first-order chi connectivity index (χ1) is 24.8. The molecule has 0 aliphatic carbocycles. The van der Waals surface area contributed by atoms with Crippen molar-refractivity contribution in [2.45, 2.75) is 6.17 Å². The monoisotopic (exact) mass is 640 g/mol. The lowest BCUT2D eigenvalue weighted by Crippen LogP contribution is -2.23. The summed E-state index contributed by atoms with van der Waals surface area (Å²) >= 11 is 0. The van der Waals surface area contributed by atoms with Crippen LogP contribution in [0.4, 0.5) is 17.2 Å². The van der Waals surface area contributed by atoms with Crippen LogP contribution >= 0.6 is 0 Å². The molecule has 0 fully saturated rings. The molecule has 7 aromatic carbocycles. The number of rotatable bonds is 5. The number of hydrogen-bond donors (Lipinski definition) is 1. The van der Waals surface area contributed by atoms with Gasteiger partial charge in [-0.2, -0.15) is 0 Å². The number of benzene rings is 7. The van der Waals surface area contributed by atoms with Crippen LogP contribution in [0.3, 0.4) is 0 Å². The molecule has 1 N–H and O–H groups in total. The van der Waals surface area contributed by atoms with Crippen molar-refractivity contribution in [1.82, 2.24) is 9.55 Å². The number of nitrogens with one attached hydrogen (secondary N) is 1. The number of anilines is 3. The summed E-state index contributed by atoms with van der Waals surface area (Å²) in [6, 6.07) is 63.0. The Morgan fingerprint density at radius 3 is 1.78 bits per heavy atom. The largest absolute Gasteiger partial charge is 0.356 e. The lowest BCUT2D eigenvalue weighted by molar-refractivity contribution is 0.820. The van der Waals surface area contributed by atoms with E-state index in [0.717, 1.165) is 28.4 Å². The molecule has 4 heteroatoms. The summed E-state index contributed by atoms with van der Waals surface area (Å²) in [5.74, 6) is 0.911. The van der Waals surface area contributed by atoms with Crippen molar-refractivity contribution < 1.29 is 0 Å². The third-order valence-electron chi connectivity index (χ3n) is 10.1. The number of pyridine rings is 1. The molecule has 1 atom stereocenters. The first kappa shape index (κ1) is 28.4. The Labute approximate surface area is 290 Å². The summed E-state index contributed by atoms with van der Waals surface area (Å²) in [7, 11) is 0. The predicted molar refractivity (Wildman–Crippen MR) is 208 cm³/mol. The molecule has 3 heterocycles. The molecule has 0 saturated heterocycles. The SMILES string of the molecule is c1ccc(N2c3nccc(-n4c5ccccc5c5ccccc54)c3NC2c2ccc(-c3ccc(-c4cccc5ccccc45)cc3)cc2)cc1. The van der Waals surface area contributed by atoms with Gasteiger partial charge in [0.05, 0.1) is 16.7 Å². The summed E-state index contributed by atoms with van der Waals surface area (Å²) in [5, 5.41) is 8.94. The van der Waals surface area contributed by atoms with Crippen LogP contribution in [0, 0.1) is 0 Å². The van der Waals surface area contributed by atoms with Crippen molar-refractivity contribution in [2.75, 3.05) is 10.2 Å². The second-order valence-corrected chi connectivity index (χ2v) is 12.9. The Morgan fingerprint density at radius 1 is 0.480 bits per heavy atom. The van der Waals surface area contributed by atoms with E-state index in [9.17, 15) is 0 Å². The van der Waals surface area contributed by atoms with E-state index in [4.69, 9.17) is 4.98 Å². The second-order valence-electron chi connectivity index (χ2n) is 12.9. The molecule has 0 bridgehead atoms. The summed E-state index contributed by atoms with van der Waals surface area (Å²) in [6.45, 7) is 0. The van der Waals surface area contributed by atoms with E-state index in [0.29, 0.717) is 0 Å². The van der Waals surface area contributed by atoms with Gasteiger partial charge in [-0.3, -0.25) is 4.90 Å². The van der Waals surface area contributed by atoms with Gasteiger partial charge in [0.15, 0.2) is 5.82 Å². The van der Waals surface area contributed by atoms with Gasteiger partial charge in [0, 0.05) is 22.7 Å². The molecule has 4 nitrogen and oxygen atoms in total. The summed E-state index contributed by atoms with van der Waals surface area (Å²) < 4.78 is 2.37. The zero-order chi connectivity index (χ0) is 33.0. The zero-order valence-electron chi connectivity index (χ0n) is 27.2. The Morgan fingerprint density at radius 2 is 1.06 bits per heavy atom. The van der Waals surface area contributed by atoms with Crippen LogP contribution < -0.4 is 10.2 Å². The molecule has 50 heavy (non-hydrogen) atoms. The summed E-state index contributed by atoms with van der Waals surface area (Å²) in [6.07, 6.45) is 1.79. The fourth-order valence-corrected chi connectivity index (χ4v) is 7.72. The van der Waals surface area contributed by atoms with Crippen LogP contribution in [0.15, 0.2) is 182 Å². The number of hydrogen-bond acceptors (Lipinski definition) is 3. The molecule has 0 amide bonds. The summed E-state index contributed by atoms with van der Waals surface area (Å²) in [5.41, 5.74) is 11.6. The molecule has 2 aromatic heterocycles. The fraction of sp³-hybridized carbons (Fsp3) is 0.0217. The van der Waals surface area contributed by atoms with Gasteiger partial charge in [0.1, 0.15) is 11.9 Å². The molecular weight excluding hydrogens is 609 g/mol. The Kier molecular flexibility index (Phi) is 6.53. The smallest absolute Gasteiger partial charge is 0.160 e. The molecular formula is C46H32N4. The van der Waals surface area contributed by atoms with Crippen molar-refractivity contribution in [3.8, 4) is 27.9 Å². The molecule has 0 spiro atoms. The van der Waals surface area contributed by atoms with E-state index in [1.165, 1.54) is 54.8 Å². The maximum Gasteiger partial charge on any atom is 0.160 e. The van der Waals surface area contributed by atoms with Crippen LogP contribution in [-0.4, -0.2) is 9.55 Å². The number of fused-ring (bicyclic) bond motifs is 5. The van der Waals surface area contributed by atoms with Crippen LogP contribution in [0.5, 0.6) is 0 Å². The quantitative estimate of drug-likeness (QED) is 0.203. The van der Waals surface area contributed by atoms with Gasteiger partial charge in [0.2, 0.25) is 0 Å². The van der Waals surface area contributed by atoms with Crippen molar-refractivity contribution in [1.29, 1.82) is 0 Å². The van der Waals surface area contributed by atoms with Crippen molar-refractivity contribution in [3.63, 3.8) is 0 Å². The highest BCUT2D eigenvalue weighted by Gasteiger charge is 2.35. The summed E-state index contributed by atoms with van der Waals surface area (Å²) in [4.78, 5) is 7.31. The van der Waals surface area contributed by atoms with Crippen LogP contribution in [0.1, 0.15) is 11.7 Å². The van der Waals surface area contributed by atoms with Gasteiger partial charge in [-0.05, 0) is 68.9 Å². The third-order valence-corrected chi connectivity index (χ3v) is 10.1. The number of para-hydroxylation sites is 3. The maximum absolute atomic E-state index is 4.99. The van der Waals surface area contributed by atoms with Gasteiger partial charge in [-0.15, -0.1) is 0 Å². The molecule has 1 aliphatic rings. The molecule has 0 saturated carbocycles. The van der Waals surface area contributed by atoms with Gasteiger partial charge >= 0.3 is 0 Å². The third kappa shape index (κ3) is 4.50. The molecule has 9 aromatic rings. The minimum Gasteiger partial charge on any atom is -0.356 e.